The molecule has 3 atom stereocenters. The molecular weight excluding hydrogens is 518 g/mol. The highest BCUT2D eigenvalue weighted by Gasteiger charge is 2.48. The molecule has 11 nitrogen and oxygen atoms in total. The number of aliphatic carboxylic acids is 1. The van der Waals surface area contributed by atoms with E-state index in [1.54, 1.807) is 6.07 Å². The number of nitrogens with zero attached hydrogens (tertiary/aromatic N) is 3. The van der Waals surface area contributed by atoms with Crippen LogP contribution in [0.3, 0.4) is 0 Å². The van der Waals surface area contributed by atoms with Gasteiger partial charge in [-0.25, -0.2) is 5.06 Å². The molecule has 0 aliphatic carbocycles. The molecule has 2 amide bonds. The number of likely N-dealkylation sites (tertiary alicyclic amines) is 2. The summed E-state index contributed by atoms with van der Waals surface area (Å²) in [6, 6.07) is 3.15. The van der Waals surface area contributed by atoms with Crippen LogP contribution in [0.25, 0.3) is 0 Å². The smallest absolute Gasteiger partial charge is 0.308 e. The fourth-order valence-corrected chi connectivity index (χ4v) is 6.15. The Bertz CT molecular complexity index is 1090. The number of carbonyl (C=O) groups excluding carboxylic acids is 2. The van der Waals surface area contributed by atoms with Gasteiger partial charge in [0, 0.05) is 44.6 Å². The van der Waals surface area contributed by atoms with Crippen molar-refractivity contribution in [1.29, 1.82) is 0 Å². The third kappa shape index (κ3) is 6.46. The SMILES string of the molecule is CCCON(CCC)C(=O)CN1C[C@H](c2cc(OC)c3c(c2)OCO3)C(C(=O)O)[C@@H]1CCN1CC(C)(C)CC1=O. The molecule has 1 unspecified atom stereocenters. The van der Waals surface area contributed by atoms with Crippen molar-refractivity contribution in [3.63, 3.8) is 0 Å². The third-order valence-corrected chi connectivity index (χ3v) is 7.93. The van der Waals surface area contributed by atoms with Crippen molar-refractivity contribution in [2.45, 2.75) is 65.3 Å². The Balaban J connectivity index is 1.63. The van der Waals surface area contributed by atoms with Gasteiger partial charge in [-0.3, -0.25) is 24.1 Å². The highest BCUT2D eigenvalue weighted by molar-refractivity contribution is 5.80. The van der Waals surface area contributed by atoms with Gasteiger partial charge in [0.15, 0.2) is 11.5 Å². The summed E-state index contributed by atoms with van der Waals surface area (Å²) in [5.74, 6) is -0.812. The summed E-state index contributed by atoms with van der Waals surface area (Å²) in [5, 5.41) is 11.9. The molecule has 0 saturated carbocycles. The van der Waals surface area contributed by atoms with Crippen LogP contribution in [0, 0.1) is 11.3 Å². The molecule has 0 spiro atoms. The van der Waals surface area contributed by atoms with Crippen molar-refractivity contribution in [3.05, 3.63) is 17.7 Å². The quantitative estimate of drug-likeness (QED) is 0.363. The number of carboxylic acids is 1. The minimum absolute atomic E-state index is 0.0236. The molecule has 40 heavy (non-hydrogen) atoms. The number of hydroxylamine groups is 2. The van der Waals surface area contributed by atoms with Gasteiger partial charge in [0.05, 0.1) is 26.2 Å². The van der Waals surface area contributed by atoms with Gasteiger partial charge < -0.3 is 24.2 Å². The van der Waals surface area contributed by atoms with E-state index in [1.807, 2.05) is 29.7 Å². The lowest BCUT2D eigenvalue weighted by Gasteiger charge is -2.30. The molecule has 11 heteroatoms. The first-order valence-corrected chi connectivity index (χ1v) is 14.2. The van der Waals surface area contributed by atoms with Crippen LogP contribution in [-0.4, -0.2) is 97.0 Å². The van der Waals surface area contributed by atoms with Gasteiger partial charge in [0.2, 0.25) is 18.4 Å². The summed E-state index contributed by atoms with van der Waals surface area (Å²) in [4.78, 5) is 48.4. The first-order valence-electron chi connectivity index (χ1n) is 14.2. The Morgan fingerprint density at radius 3 is 2.60 bits per heavy atom. The summed E-state index contributed by atoms with van der Waals surface area (Å²) in [6.45, 7) is 10.5. The monoisotopic (exact) mass is 561 g/mol. The molecule has 0 bridgehead atoms. The lowest BCUT2D eigenvalue weighted by molar-refractivity contribution is -0.188. The molecule has 222 valence electrons. The molecule has 1 aromatic rings. The van der Waals surface area contributed by atoms with Crippen LogP contribution in [0.4, 0.5) is 0 Å². The predicted octanol–water partition coefficient (Wildman–Crippen LogP) is 3.12. The molecule has 1 aromatic carbocycles. The van der Waals surface area contributed by atoms with E-state index in [4.69, 9.17) is 19.0 Å². The Morgan fingerprint density at radius 2 is 1.98 bits per heavy atom. The molecule has 2 fully saturated rings. The van der Waals surface area contributed by atoms with Crippen LogP contribution < -0.4 is 14.2 Å². The Morgan fingerprint density at radius 1 is 1.20 bits per heavy atom. The third-order valence-electron chi connectivity index (χ3n) is 7.93. The maximum atomic E-state index is 13.4. The van der Waals surface area contributed by atoms with Gasteiger partial charge in [0.1, 0.15) is 0 Å². The summed E-state index contributed by atoms with van der Waals surface area (Å²) in [6.07, 6.45) is 2.43. The van der Waals surface area contributed by atoms with Gasteiger partial charge in [0.25, 0.3) is 5.91 Å². The number of hydrogen-bond donors (Lipinski definition) is 1. The number of carboxylic acid groups (broad SMARTS) is 1. The van der Waals surface area contributed by atoms with Crippen molar-refractivity contribution in [3.8, 4) is 17.2 Å². The first-order chi connectivity index (χ1) is 19.1. The Labute approximate surface area is 236 Å². The van der Waals surface area contributed by atoms with Gasteiger partial charge in [-0.2, -0.15) is 0 Å². The lowest BCUT2D eigenvalue weighted by atomic mass is 9.84. The molecule has 0 radical (unpaired) electrons. The van der Waals surface area contributed by atoms with Gasteiger partial charge in [-0.05, 0) is 42.4 Å². The fraction of sp³-hybridized carbons (Fsp3) is 0.690. The van der Waals surface area contributed by atoms with Crippen molar-refractivity contribution in [2.24, 2.45) is 11.3 Å². The molecular formula is C29H43N3O8. The van der Waals surface area contributed by atoms with Crippen LogP contribution in [0.5, 0.6) is 17.2 Å². The molecule has 1 N–H and O–H groups in total. The topological polar surface area (TPSA) is 118 Å². The highest BCUT2D eigenvalue weighted by atomic mass is 16.7. The van der Waals surface area contributed by atoms with Gasteiger partial charge in [-0.1, -0.05) is 27.7 Å². The van der Waals surface area contributed by atoms with E-state index < -0.39 is 23.8 Å². The predicted molar refractivity (Wildman–Crippen MR) is 146 cm³/mol. The molecule has 2 saturated heterocycles. The van der Waals surface area contributed by atoms with Crippen molar-refractivity contribution < 1.29 is 38.5 Å². The van der Waals surface area contributed by atoms with Crippen LogP contribution in [0.2, 0.25) is 0 Å². The summed E-state index contributed by atoms with van der Waals surface area (Å²) in [7, 11) is 1.53. The second-order valence-corrected chi connectivity index (χ2v) is 11.7. The normalized spacial score (nSPS) is 23.6. The van der Waals surface area contributed by atoms with E-state index in [2.05, 4.69) is 13.8 Å². The van der Waals surface area contributed by atoms with Crippen LogP contribution in [0.1, 0.15) is 64.9 Å². The minimum Gasteiger partial charge on any atom is -0.493 e. The van der Waals surface area contributed by atoms with Gasteiger partial charge >= 0.3 is 5.97 Å². The van der Waals surface area contributed by atoms with E-state index in [1.165, 1.54) is 12.2 Å². The van der Waals surface area contributed by atoms with Crippen molar-refractivity contribution in [2.75, 3.05) is 53.2 Å². The Kier molecular flexibility index (Phi) is 9.45. The van der Waals surface area contributed by atoms with Crippen LogP contribution in [0.15, 0.2) is 12.1 Å². The molecule has 4 rings (SSSR count). The number of amides is 2. The van der Waals surface area contributed by atoms with E-state index in [-0.39, 0.29) is 30.6 Å². The van der Waals surface area contributed by atoms with E-state index in [0.29, 0.717) is 62.9 Å². The zero-order valence-corrected chi connectivity index (χ0v) is 24.3. The maximum Gasteiger partial charge on any atom is 0.308 e. The second kappa shape index (κ2) is 12.6. The highest BCUT2D eigenvalue weighted by Crippen LogP contribution is 2.47. The average Bonchev–Trinajstić information content (AvgIpc) is 3.59. The molecule has 0 aromatic heterocycles. The van der Waals surface area contributed by atoms with E-state index >= 15 is 0 Å². The zero-order chi connectivity index (χ0) is 29.0. The second-order valence-electron chi connectivity index (χ2n) is 11.7. The number of carbonyl (C=O) groups is 3. The molecule has 3 aliphatic rings. The number of methoxy groups -OCH3 is 1. The number of rotatable bonds is 13. The number of hydrogen-bond acceptors (Lipinski definition) is 8. The number of ether oxygens (including phenoxy) is 3. The number of fused-ring (bicyclic) bond motifs is 1. The van der Waals surface area contributed by atoms with Crippen molar-refractivity contribution >= 4 is 17.8 Å². The average molecular weight is 562 g/mol. The zero-order valence-electron chi connectivity index (χ0n) is 24.3. The van der Waals surface area contributed by atoms with Crippen molar-refractivity contribution in [1.82, 2.24) is 14.9 Å². The minimum atomic E-state index is -0.942. The van der Waals surface area contributed by atoms with Crippen LogP contribution in [-0.2, 0) is 19.2 Å². The molecule has 3 heterocycles. The fourth-order valence-electron chi connectivity index (χ4n) is 6.15. The standard InChI is InChI=1S/C29H43N3O8/c1-6-9-32(40-11-7-2)25(34)16-31-15-20(19-12-22(37-5)27-23(13-19)38-18-39-27)26(28(35)36)21(31)8-10-30-17-29(3,4)14-24(30)33/h12-13,20-21,26H,6-11,14-18H2,1-5H3,(H,35,36)/t20-,21+,26?/m1/s1. The molecule has 3 aliphatic heterocycles. The van der Waals surface area contributed by atoms with Gasteiger partial charge in [-0.15, -0.1) is 0 Å². The number of benzene rings is 1. The maximum absolute atomic E-state index is 13.4. The lowest BCUT2D eigenvalue weighted by Crippen LogP contribution is -2.45. The Hall–Kier alpha value is -3.05. The first kappa shape index (κ1) is 29.9. The largest absolute Gasteiger partial charge is 0.493 e. The summed E-state index contributed by atoms with van der Waals surface area (Å²) < 4.78 is 16.7. The van der Waals surface area contributed by atoms with E-state index in [9.17, 15) is 19.5 Å². The summed E-state index contributed by atoms with van der Waals surface area (Å²) in [5.41, 5.74) is 0.636. The summed E-state index contributed by atoms with van der Waals surface area (Å²) >= 11 is 0. The van der Waals surface area contributed by atoms with E-state index in [0.717, 1.165) is 18.4 Å². The van der Waals surface area contributed by atoms with Crippen LogP contribution >= 0.6 is 0 Å².